The number of azide groups is 1. The lowest BCUT2D eigenvalue weighted by atomic mass is 10.1. The third kappa shape index (κ3) is 31.4. The van der Waals surface area contributed by atoms with E-state index in [0.717, 1.165) is 19.3 Å². The third-order valence-electron chi connectivity index (χ3n) is 10.8. The second kappa shape index (κ2) is 41.7. The number of ether oxygens (including phenoxy) is 8. The minimum absolute atomic E-state index is 0.0477. The Morgan fingerprint density at radius 1 is 0.608 bits per heavy atom. The first kappa shape index (κ1) is 65.6. The molecule has 2 rings (SSSR count). The molecule has 3 unspecified atom stereocenters. The van der Waals surface area contributed by atoms with Gasteiger partial charge in [-0.05, 0) is 68.9 Å². The lowest BCUT2D eigenvalue weighted by Gasteiger charge is -2.19. The molecule has 22 nitrogen and oxygen atoms in total. The molecule has 28 heteroatoms. The van der Waals surface area contributed by atoms with Gasteiger partial charge in [-0.25, -0.2) is 13.2 Å². The summed E-state index contributed by atoms with van der Waals surface area (Å²) in [7, 11) is 0. The number of rotatable bonds is 47. The fraction of sp³-hybridized carbons (Fsp3) is 0.761. The molecule has 4 amide bonds. The molecular weight excluding hydrogens is 1020 g/mol. The average Bonchev–Trinajstić information content (AvgIpc) is 4.14. The Balaban J connectivity index is 1.60. The number of carbonyl (C=O) groups excluding carboxylic acids is 5. The van der Waals surface area contributed by atoms with E-state index in [1.807, 2.05) is 0 Å². The molecule has 1 aliphatic carbocycles. The maximum Gasteiger partial charge on any atom is 0.313 e. The normalized spacial score (nSPS) is 14.7. The van der Waals surface area contributed by atoms with Crippen molar-refractivity contribution in [2.75, 3.05) is 131 Å². The molecule has 74 heavy (non-hydrogen) atoms. The average molecular weight is 1090 g/mol. The van der Waals surface area contributed by atoms with E-state index in [1.54, 1.807) is 0 Å². The molecule has 1 aliphatic rings. The molecule has 6 N–H and O–H groups in total. The number of benzene rings is 1. The second-order valence-electron chi connectivity index (χ2n) is 16.6. The van der Waals surface area contributed by atoms with Crippen molar-refractivity contribution < 1.29 is 88.9 Å². The molecule has 0 spiro atoms. The molecule has 0 bridgehead atoms. The van der Waals surface area contributed by atoms with Crippen molar-refractivity contribution in [2.45, 2.75) is 82.9 Å². The number of nitrogens with zero attached hydrogens (tertiary/aromatic N) is 3. The number of carbonyl (C=O) groups is 5. The molecule has 0 radical (unpaired) electrons. The topological polar surface area (TPSA) is 288 Å². The van der Waals surface area contributed by atoms with Crippen molar-refractivity contribution in [3.05, 3.63) is 39.5 Å². The molecule has 1 aromatic carbocycles. The molecule has 1 fully saturated rings. The van der Waals surface area contributed by atoms with Gasteiger partial charge in [0.15, 0.2) is 0 Å². The van der Waals surface area contributed by atoms with E-state index in [-0.39, 0.29) is 90.4 Å². The zero-order valence-corrected chi connectivity index (χ0v) is 42.6. The van der Waals surface area contributed by atoms with E-state index in [0.29, 0.717) is 109 Å². The maximum atomic E-state index is 13.7. The van der Waals surface area contributed by atoms with Crippen LogP contribution in [0.15, 0.2) is 5.11 Å². The Hall–Kier alpha value is -4.48. The molecular formula is C46H73F5N8O14S. The summed E-state index contributed by atoms with van der Waals surface area (Å²) in [5, 5.41) is 27.5. The predicted octanol–water partition coefficient (Wildman–Crippen LogP) is 2.92. The van der Waals surface area contributed by atoms with Crippen molar-refractivity contribution in [3.63, 3.8) is 0 Å². The molecule has 4 atom stereocenters. The van der Waals surface area contributed by atoms with E-state index in [4.69, 9.17) is 38.7 Å². The van der Waals surface area contributed by atoms with Gasteiger partial charge in [-0.15, -0.1) is 0 Å². The maximum absolute atomic E-state index is 13.7. The van der Waals surface area contributed by atoms with Crippen LogP contribution in [0.5, 0.6) is 5.75 Å². The number of unbranched alkanes of at least 4 members (excludes halogenated alkanes) is 1. The van der Waals surface area contributed by atoms with Gasteiger partial charge in [0.05, 0.1) is 98.9 Å². The zero-order chi connectivity index (χ0) is 54.2. The van der Waals surface area contributed by atoms with Gasteiger partial charge in [0.1, 0.15) is 12.3 Å². The number of aliphatic hydroxyl groups is 1. The number of halogens is 5. The number of esters is 1. The highest BCUT2D eigenvalue weighted by Crippen LogP contribution is 2.43. The summed E-state index contributed by atoms with van der Waals surface area (Å²) >= 11 is 4.05. The van der Waals surface area contributed by atoms with E-state index in [1.165, 1.54) is 0 Å². The summed E-state index contributed by atoms with van der Waals surface area (Å²) < 4.78 is 109. The fourth-order valence-electron chi connectivity index (χ4n) is 6.70. The number of thiol groups is 1. The Morgan fingerprint density at radius 2 is 1.18 bits per heavy atom. The summed E-state index contributed by atoms with van der Waals surface area (Å²) in [6, 6.07) is -0.928. The van der Waals surface area contributed by atoms with Crippen molar-refractivity contribution in [3.8, 4) is 5.75 Å². The Kier molecular flexibility index (Phi) is 37.0. The molecule has 0 aliphatic heterocycles. The number of hydrogen-bond donors (Lipinski definition) is 7. The lowest BCUT2D eigenvalue weighted by Crippen LogP contribution is -2.49. The molecule has 0 aromatic heterocycles. The van der Waals surface area contributed by atoms with Gasteiger partial charge >= 0.3 is 5.97 Å². The van der Waals surface area contributed by atoms with Crippen LogP contribution >= 0.6 is 12.6 Å². The SMILES string of the molecule is [N-]=[N+]=NCCOCCOCCC(O)NCCCC[C@H](NC(=O)CCCNC(=O)CCOCCOCCS)C(=O)NCC(=O)NCCC1CC1CCOCCOCCOCCC(=O)Oc1c(F)c(F)c(F)c(F)c1F. The quantitative estimate of drug-likeness (QED) is 0.00422. The summed E-state index contributed by atoms with van der Waals surface area (Å²) in [5.74, 6) is -14.4. The Labute approximate surface area is 432 Å². The highest BCUT2D eigenvalue weighted by molar-refractivity contribution is 7.80. The second-order valence-corrected chi connectivity index (χ2v) is 17.0. The zero-order valence-electron chi connectivity index (χ0n) is 41.7. The molecule has 1 aromatic rings. The van der Waals surface area contributed by atoms with Crippen LogP contribution in [0, 0.1) is 40.9 Å². The third-order valence-corrected chi connectivity index (χ3v) is 11.0. The van der Waals surface area contributed by atoms with Crippen LogP contribution in [0.3, 0.4) is 0 Å². The molecule has 0 saturated heterocycles. The Morgan fingerprint density at radius 3 is 1.84 bits per heavy atom. The first-order chi connectivity index (χ1) is 35.8. The summed E-state index contributed by atoms with van der Waals surface area (Å²) in [6.45, 7) is 4.76. The van der Waals surface area contributed by atoms with Crippen LogP contribution < -0.4 is 31.3 Å². The molecule has 0 heterocycles. The van der Waals surface area contributed by atoms with Gasteiger partial charge in [-0.3, -0.25) is 29.3 Å². The van der Waals surface area contributed by atoms with Gasteiger partial charge in [0, 0.05) is 56.2 Å². The predicted molar refractivity (Wildman–Crippen MR) is 258 cm³/mol. The fourth-order valence-corrected chi connectivity index (χ4v) is 6.83. The Bertz CT molecular complexity index is 1820. The van der Waals surface area contributed by atoms with Crippen molar-refractivity contribution >= 4 is 42.2 Å². The first-order valence-corrected chi connectivity index (χ1v) is 25.3. The first-order valence-electron chi connectivity index (χ1n) is 24.7. The van der Waals surface area contributed by atoms with E-state index in [9.17, 15) is 51.0 Å². The van der Waals surface area contributed by atoms with Crippen LogP contribution in [0.4, 0.5) is 22.0 Å². The summed E-state index contributed by atoms with van der Waals surface area (Å²) in [4.78, 5) is 65.3. The van der Waals surface area contributed by atoms with Gasteiger partial charge in [0.2, 0.25) is 58.5 Å². The van der Waals surface area contributed by atoms with E-state index in [2.05, 4.69) is 54.0 Å². The smallest absolute Gasteiger partial charge is 0.313 e. The number of hydrogen-bond acceptors (Lipinski definition) is 17. The largest absolute Gasteiger partial charge is 0.420 e. The van der Waals surface area contributed by atoms with Crippen LogP contribution in [-0.2, 0) is 57.1 Å². The molecule has 1 saturated carbocycles. The summed E-state index contributed by atoms with van der Waals surface area (Å²) in [6.07, 6.45) is 3.41. The number of amides is 4. The van der Waals surface area contributed by atoms with Gasteiger partial charge < -0.3 is 64.3 Å². The minimum atomic E-state index is -2.37. The van der Waals surface area contributed by atoms with Crippen LogP contribution in [0.1, 0.15) is 70.6 Å². The highest BCUT2D eigenvalue weighted by atomic mass is 32.1. The van der Waals surface area contributed by atoms with Crippen molar-refractivity contribution in [1.82, 2.24) is 26.6 Å². The van der Waals surface area contributed by atoms with Gasteiger partial charge in [-0.2, -0.15) is 21.4 Å². The lowest BCUT2D eigenvalue weighted by molar-refractivity contribution is -0.136. The van der Waals surface area contributed by atoms with E-state index < -0.39 is 71.3 Å². The molecule has 422 valence electrons. The number of aliphatic hydroxyl groups excluding tert-OH is 1. The van der Waals surface area contributed by atoms with Gasteiger partial charge in [0.25, 0.3) is 0 Å². The van der Waals surface area contributed by atoms with Crippen LogP contribution in [0.2, 0.25) is 0 Å². The van der Waals surface area contributed by atoms with Crippen molar-refractivity contribution in [1.29, 1.82) is 0 Å². The van der Waals surface area contributed by atoms with E-state index >= 15 is 0 Å². The summed E-state index contributed by atoms with van der Waals surface area (Å²) in [5.41, 5.74) is 8.26. The highest BCUT2D eigenvalue weighted by Gasteiger charge is 2.36. The number of nitrogens with one attached hydrogen (secondary N) is 5. The minimum Gasteiger partial charge on any atom is -0.420 e. The van der Waals surface area contributed by atoms with Gasteiger partial charge in [-0.1, -0.05) is 5.11 Å². The monoisotopic (exact) mass is 1090 g/mol. The van der Waals surface area contributed by atoms with Crippen LogP contribution in [0.25, 0.3) is 10.4 Å². The van der Waals surface area contributed by atoms with Crippen molar-refractivity contribution in [2.24, 2.45) is 17.0 Å². The standard InChI is InChI=1S/C46H73F5N8O14S/c47-40-41(48)43(50)45(44(51)42(40)49)73-39(64)10-18-69-22-26-71-25-21-66-15-7-33-30-32(33)6-13-55-38(63)31-56-46(65)34(4-1-2-11-53-35(60)8-16-67-20-24-70-19-14-57-59-52)58-37(62)5-3-12-54-36(61)9-17-68-23-27-72-28-29-74/h32-35,53,60,74H,1-31H2,(H,54,61)(H,55,63)(H,56,65)(H,58,62)/t32?,33?,34-,35?/m0/s1. The van der Waals surface area contributed by atoms with Crippen LogP contribution in [-0.4, -0.2) is 178 Å².